The van der Waals surface area contributed by atoms with Crippen LogP contribution in [0.25, 0.3) is 60.5 Å². The minimum Gasteiger partial charge on any atom is -0.310 e. The molecule has 0 N–H and O–H groups in total. The second-order valence-corrected chi connectivity index (χ2v) is 12.2. The number of nitrogens with zero attached hydrogens (tertiary/aromatic N) is 2. The van der Waals surface area contributed by atoms with E-state index in [0.29, 0.717) is 0 Å². The first-order valence-electron chi connectivity index (χ1n) is 16.4. The van der Waals surface area contributed by atoms with Crippen molar-refractivity contribution in [3.05, 3.63) is 194 Å². The molecule has 9 aromatic rings. The van der Waals surface area contributed by atoms with E-state index in [1.165, 1.54) is 54.8 Å². The first kappa shape index (κ1) is 27.9. The number of rotatable bonds is 6. The fourth-order valence-electron chi connectivity index (χ4n) is 7.13. The monoisotopic (exact) mass is 612 g/mol. The highest BCUT2D eigenvalue weighted by molar-refractivity contribution is 6.25. The summed E-state index contributed by atoms with van der Waals surface area (Å²) in [7, 11) is 0. The normalized spacial score (nSPS) is 11.3. The van der Waals surface area contributed by atoms with E-state index in [4.69, 9.17) is 0 Å². The van der Waals surface area contributed by atoms with Crippen LogP contribution in [-0.4, -0.2) is 4.57 Å². The maximum atomic E-state index is 2.45. The molecule has 8 aromatic carbocycles. The van der Waals surface area contributed by atoms with Crippen molar-refractivity contribution < 1.29 is 0 Å². The molecule has 9 rings (SSSR count). The number of aromatic nitrogens is 1. The van der Waals surface area contributed by atoms with Crippen LogP contribution >= 0.6 is 0 Å². The van der Waals surface area contributed by atoms with Gasteiger partial charge in [-0.25, -0.2) is 0 Å². The Labute approximate surface area is 280 Å². The van der Waals surface area contributed by atoms with E-state index >= 15 is 0 Å². The number of hydrogen-bond acceptors (Lipinski definition) is 1. The molecule has 1 heterocycles. The van der Waals surface area contributed by atoms with Gasteiger partial charge in [0.25, 0.3) is 0 Å². The summed E-state index contributed by atoms with van der Waals surface area (Å²) in [6.07, 6.45) is 0. The van der Waals surface area contributed by atoms with Gasteiger partial charge in [0.2, 0.25) is 0 Å². The number of benzene rings is 8. The summed E-state index contributed by atoms with van der Waals surface area (Å²) < 4.78 is 2.45. The first-order chi connectivity index (χ1) is 23.8. The van der Waals surface area contributed by atoms with Gasteiger partial charge in [0.15, 0.2) is 0 Å². The van der Waals surface area contributed by atoms with Crippen molar-refractivity contribution in [3.8, 4) is 27.9 Å². The largest absolute Gasteiger partial charge is 0.310 e. The third-order valence-corrected chi connectivity index (χ3v) is 9.34. The summed E-state index contributed by atoms with van der Waals surface area (Å²) in [6, 6.07) is 69.9. The zero-order valence-corrected chi connectivity index (χ0v) is 26.4. The van der Waals surface area contributed by atoms with Gasteiger partial charge in [-0.15, -0.1) is 0 Å². The highest BCUT2D eigenvalue weighted by atomic mass is 15.1. The van der Waals surface area contributed by atoms with Gasteiger partial charge in [-0.3, -0.25) is 0 Å². The first-order valence-corrected chi connectivity index (χ1v) is 16.4. The Morgan fingerprint density at radius 2 is 0.896 bits per heavy atom. The van der Waals surface area contributed by atoms with Crippen LogP contribution in [0.4, 0.5) is 17.1 Å². The van der Waals surface area contributed by atoms with E-state index in [9.17, 15) is 0 Å². The molecule has 0 saturated heterocycles. The maximum Gasteiger partial charge on any atom is 0.0640 e. The number of anilines is 3. The van der Waals surface area contributed by atoms with Gasteiger partial charge in [0.05, 0.1) is 16.7 Å². The molecule has 2 heteroatoms. The molecule has 0 unspecified atom stereocenters. The molecule has 226 valence electrons. The average molecular weight is 613 g/mol. The van der Waals surface area contributed by atoms with Crippen molar-refractivity contribution in [2.75, 3.05) is 4.90 Å². The summed E-state index contributed by atoms with van der Waals surface area (Å²) in [6.45, 7) is 0. The van der Waals surface area contributed by atoms with Crippen LogP contribution in [0.5, 0.6) is 0 Å². The molecule has 0 spiro atoms. The SMILES string of the molecule is c1ccc(-c2ccc(N(c3ccccc3)c3cc4ccccc4c4c3c3cc(-c5ccccc5)ccc3n4-c3ccccc3)cc2)cc1. The van der Waals surface area contributed by atoms with E-state index in [1.807, 2.05) is 0 Å². The molecular formula is C46H32N2. The molecular weight excluding hydrogens is 581 g/mol. The van der Waals surface area contributed by atoms with E-state index in [2.05, 4.69) is 204 Å². The molecule has 0 saturated carbocycles. The smallest absolute Gasteiger partial charge is 0.0640 e. The van der Waals surface area contributed by atoms with Crippen LogP contribution in [0, 0.1) is 0 Å². The Morgan fingerprint density at radius 3 is 1.58 bits per heavy atom. The van der Waals surface area contributed by atoms with Crippen LogP contribution in [0.3, 0.4) is 0 Å². The van der Waals surface area contributed by atoms with Gasteiger partial charge < -0.3 is 9.47 Å². The van der Waals surface area contributed by atoms with Gasteiger partial charge in [-0.1, -0.05) is 140 Å². The van der Waals surface area contributed by atoms with Crippen LogP contribution in [0.2, 0.25) is 0 Å². The maximum absolute atomic E-state index is 2.45. The van der Waals surface area contributed by atoms with Crippen molar-refractivity contribution in [2.45, 2.75) is 0 Å². The second-order valence-electron chi connectivity index (χ2n) is 12.2. The third-order valence-electron chi connectivity index (χ3n) is 9.34. The molecule has 0 aliphatic rings. The van der Waals surface area contributed by atoms with Gasteiger partial charge >= 0.3 is 0 Å². The quantitative estimate of drug-likeness (QED) is 0.181. The van der Waals surface area contributed by atoms with E-state index in [1.54, 1.807) is 0 Å². The summed E-state index contributed by atoms with van der Waals surface area (Å²) in [5, 5.41) is 4.87. The lowest BCUT2D eigenvalue weighted by molar-refractivity contribution is 1.19. The minimum absolute atomic E-state index is 1.11. The zero-order chi connectivity index (χ0) is 31.9. The zero-order valence-electron chi connectivity index (χ0n) is 26.4. The molecule has 48 heavy (non-hydrogen) atoms. The minimum atomic E-state index is 1.11. The van der Waals surface area contributed by atoms with Crippen molar-refractivity contribution >= 4 is 49.6 Å². The average Bonchev–Trinajstić information content (AvgIpc) is 3.52. The highest BCUT2D eigenvalue weighted by Gasteiger charge is 2.24. The Bertz CT molecular complexity index is 2520. The van der Waals surface area contributed by atoms with E-state index in [0.717, 1.165) is 22.7 Å². The molecule has 0 amide bonds. The summed E-state index contributed by atoms with van der Waals surface area (Å²) >= 11 is 0. The lowest BCUT2D eigenvalue weighted by Crippen LogP contribution is -2.10. The Kier molecular flexibility index (Phi) is 6.84. The molecule has 0 aliphatic carbocycles. The summed E-state index contributed by atoms with van der Waals surface area (Å²) in [5.41, 5.74) is 11.7. The fraction of sp³-hybridized carbons (Fsp3) is 0. The van der Waals surface area contributed by atoms with Gasteiger partial charge in [-0.2, -0.15) is 0 Å². The number of para-hydroxylation sites is 2. The van der Waals surface area contributed by atoms with Gasteiger partial charge in [-0.05, 0) is 82.2 Å². The Balaban J connectivity index is 1.40. The molecule has 0 fully saturated rings. The summed E-state index contributed by atoms with van der Waals surface area (Å²) in [5.74, 6) is 0. The molecule has 0 atom stereocenters. The predicted octanol–water partition coefficient (Wildman–Crippen LogP) is 12.7. The topological polar surface area (TPSA) is 8.17 Å². The second kappa shape index (κ2) is 11.8. The molecule has 0 bridgehead atoms. The number of fused-ring (bicyclic) bond motifs is 5. The highest BCUT2D eigenvalue weighted by Crippen LogP contribution is 2.47. The molecule has 2 nitrogen and oxygen atoms in total. The van der Waals surface area contributed by atoms with Crippen LogP contribution in [-0.2, 0) is 0 Å². The van der Waals surface area contributed by atoms with Crippen molar-refractivity contribution in [2.24, 2.45) is 0 Å². The number of hydrogen-bond donors (Lipinski definition) is 0. The summed E-state index contributed by atoms with van der Waals surface area (Å²) in [4.78, 5) is 2.42. The van der Waals surface area contributed by atoms with Crippen LogP contribution < -0.4 is 4.90 Å². The predicted molar refractivity (Wildman–Crippen MR) is 204 cm³/mol. The van der Waals surface area contributed by atoms with Gasteiger partial charge in [0, 0.05) is 33.2 Å². The molecule has 1 aromatic heterocycles. The van der Waals surface area contributed by atoms with E-state index in [-0.39, 0.29) is 0 Å². The molecule has 0 radical (unpaired) electrons. The lowest BCUT2D eigenvalue weighted by Gasteiger charge is -2.27. The van der Waals surface area contributed by atoms with E-state index < -0.39 is 0 Å². The van der Waals surface area contributed by atoms with Crippen molar-refractivity contribution in [1.29, 1.82) is 0 Å². The van der Waals surface area contributed by atoms with Crippen LogP contribution in [0.15, 0.2) is 194 Å². The van der Waals surface area contributed by atoms with Crippen molar-refractivity contribution in [1.82, 2.24) is 4.57 Å². The van der Waals surface area contributed by atoms with Crippen LogP contribution in [0.1, 0.15) is 0 Å². The van der Waals surface area contributed by atoms with Gasteiger partial charge in [0.1, 0.15) is 0 Å². The standard InChI is InChI=1S/C46H32N2/c1-5-15-33(16-6-1)35-25-28-40(29-26-35)47(38-20-9-3-10-21-38)44-32-37-19-13-14-24-41(37)46-45(44)42-31-36(34-17-7-2-8-18-34)27-30-43(42)48(46)39-22-11-4-12-23-39/h1-32H. The lowest BCUT2D eigenvalue weighted by atomic mass is 9.99. The van der Waals surface area contributed by atoms with Crippen molar-refractivity contribution in [3.63, 3.8) is 0 Å². The molecule has 0 aliphatic heterocycles. The third kappa shape index (κ3) is 4.74. The fourth-order valence-corrected chi connectivity index (χ4v) is 7.13. The Hall–Kier alpha value is -6.38. The Morgan fingerprint density at radius 1 is 0.375 bits per heavy atom.